The zero-order chi connectivity index (χ0) is 11.5. The van der Waals surface area contributed by atoms with Crippen molar-refractivity contribution in [2.75, 3.05) is 7.05 Å². The summed E-state index contributed by atoms with van der Waals surface area (Å²) in [5.74, 6) is 0.293. The highest BCUT2D eigenvalue weighted by Crippen LogP contribution is 2.23. The van der Waals surface area contributed by atoms with Crippen LogP contribution < -0.4 is 10.3 Å². The van der Waals surface area contributed by atoms with E-state index in [0.717, 1.165) is 0 Å². The van der Waals surface area contributed by atoms with Gasteiger partial charge in [0.25, 0.3) is 0 Å². The number of thiophene rings is 1. The average Bonchev–Trinajstić information content (AvgIpc) is 2.50. The number of carbonyl (C=O) groups is 1. The number of hydrogen-bond donors (Lipinski definition) is 1. The van der Waals surface area contributed by atoms with Crippen LogP contribution in [-0.4, -0.2) is 18.6 Å². The average molecular weight is 229 g/mol. The minimum absolute atomic E-state index is 0.321. The highest BCUT2D eigenvalue weighted by molar-refractivity contribution is 7.12. The third kappa shape index (κ3) is 3.89. The monoisotopic (exact) mass is 229 g/mol. The minimum Gasteiger partial charge on any atom is -0.456 e. The van der Waals surface area contributed by atoms with Gasteiger partial charge in [-0.25, -0.2) is 4.79 Å². The molecule has 0 aliphatic rings. The summed E-state index contributed by atoms with van der Waals surface area (Å²) in [7, 11) is 1.66. The van der Waals surface area contributed by atoms with E-state index in [4.69, 9.17) is 9.57 Å². The molecule has 1 rings (SSSR count). The first-order chi connectivity index (χ1) is 6.92. The molecule has 0 spiro atoms. The molecule has 0 bridgehead atoms. The van der Waals surface area contributed by atoms with Crippen LogP contribution in [0.1, 0.15) is 30.4 Å². The maximum atomic E-state index is 11.6. The molecule has 0 saturated heterocycles. The lowest BCUT2D eigenvalue weighted by Crippen LogP contribution is -2.23. The van der Waals surface area contributed by atoms with Gasteiger partial charge in [0, 0.05) is 18.5 Å². The summed E-state index contributed by atoms with van der Waals surface area (Å²) in [6, 6.07) is 1.65. The second kappa shape index (κ2) is 4.63. The number of hydrogen-bond acceptors (Lipinski definition) is 5. The lowest BCUT2D eigenvalue weighted by molar-refractivity contribution is 0.00748. The minimum atomic E-state index is -0.467. The van der Waals surface area contributed by atoms with E-state index in [2.05, 4.69) is 5.48 Å². The maximum Gasteiger partial charge on any atom is 0.348 e. The highest BCUT2D eigenvalue weighted by atomic mass is 32.1. The summed E-state index contributed by atoms with van der Waals surface area (Å²) in [4.78, 5) is 17.1. The fraction of sp³-hybridized carbons (Fsp3) is 0.500. The molecule has 4 nitrogen and oxygen atoms in total. The molecule has 1 aromatic heterocycles. The summed E-state index contributed by atoms with van der Waals surface area (Å²) in [5, 5.41) is 1.75. The van der Waals surface area contributed by atoms with Crippen molar-refractivity contribution in [2.45, 2.75) is 26.4 Å². The highest BCUT2D eigenvalue weighted by Gasteiger charge is 2.19. The lowest BCUT2D eigenvalue weighted by atomic mass is 10.2. The number of carbonyl (C=O) groups excluding carboxylic acids is 1. The van der Waals surface area contributed by atoms with Crippen LogP contribution in [0.15, 0.2) is 11.4 Å². The Morgan fingerprint density at radius 1 is 1.47 bits per heavy atom. The zero-order valence-electron chi connectivity index (χ0n) is 9.29. The van der Waals surface area contributed by atoms with Crippen molar-refractivity contribution in [1.82, 2.24) is 5.48 Å². The molecular weight excluding hydrogens is 214 g/mol. The SMILES string of the molecule is CNOc1csc(C(=O)OC(C)(C)C)c1. The van der Waals surface area contributed by atoms with E-state index in [1.165, 1.54) is 11.3 Å². The van der Waals surface area contributed by atoms with Crippen LogP contribution in [0.25, 0.3) is 0 Å². The van der Waals surface area contributed by atoms with Gasteiger partial charge >= 0.3 is 5.97 Å². The molecule has 0 aliphatic carbocycles. The smallest absolute Gasteiger partial charge is 0.348 e. The molecule has 0 aromatic carbocycles. The van der Waals surface area contributed by atoms with E-state index in [1.54, 1.807) is 18.5 Å². The quantitative estimate of drug-likeness (QED) is 0.637. The molecule has 0 aliphatic heterocycles. The summed E-state index contributed by atoms with van der Waals surface area (Å²) in [5.41, 5.74) is 2.07. The molecule has 0 unspecified atom stereocenters. The Labute approximate surface area is 93.2 Å². The summed E-state index contributed by atoms with van der Waals surface area (Å²) in [6.07, 6.45) is 0. The Kier molecular flexibility index (Phi) is 3.71. The second-order valence-corrected chi connectivity index (χ2v) is 4.87. The number of rotatable bonds is 3. The number of esters is 1. The fourth-order valence-corrected chi connectivity index (χ4v) is 1.61. The Balaban J connectivity index is 2.66. The Hall–Kier alpha value is -1.07. The van der Waals surface area contributed by atoms with Crippen LogP contribution in [0.2, 0.25) is 0 Å². The van der Waals surface area contributed by atoms with Gasteiger partial charge in [-0.2, -0.15) is 5.48 Å². The normalized spacial score (nSPS) is 11.2. The lowest BCUT2D eigenvalue weighted by Gasteiger charge is -2.18. The molecule has 5 heteroatoms. The molecule has 0 fully saturated rings. The van der Waals surface area contributed by atoms with Crippen LogP contribution in [0.4, 0.5) is 0 Å². The Bertz CT molecular complexity index is 341. The Morgan fingerprint density at radius 3 is 2.67 bits per heavy atom. The van der Waals surface area contributed by atoms with Gasteiger partial charge in [0.05, 0.1) is 0 Å². The van der Waals surface area contributed by atoms with E-state index in [-0.39, 0.29) is 5.97 Å². The van der Waals surface area contributed by atoms with Gasteiger partial charge in [-0.15, -0.1) is 11.3 Å². The molecule has 15 heavy (non-hydrogen) atoms. The predicted molar refractivity (Wildman–Crippen MR) is 59.2 cm³/mol. The summed E-state index contributed by atoms with van der Waals surface area (Å²) >= 11 is 1.30. The van der Waals surface area contributed by atoms with Gasteiger partial charge in [-0.1, -0.05) is 0 Å². The zero-order valence-corrected chi connectivity index (χ0v) is 10.1. The number of nitrogens with one attached hydrogen (secondary N) is 1. The van der Waals surface area contributed by atoms with Crippen molar-refractivity contribution in [1.29, 1.82) is 0 Å². The molecule has 0 amide bonds. The molecule has 1 N–H and O–H groups in total. The largest absolute Gasteiger partial charge is 0.456 e. The van der Waals surface area contributed by atoms with Crippen molar-refractivity contribution >= 4 is 17.3 Å². The molecule has 1 aromatic rings. The molecule has 0 atom stereocenters. The van der Waals surface area contributed by atoms with Gasteiger partial charge in [0.1, 0.15) is 10.5 Å². The van der Waals surface area contributed by atoms with Crippen molar-refractivity contribution in [3.63, 3.8) is 0 Å². The van der Waals surface area contributed by atoms with Crippen LogP contribution >= 0.6 is 11.3 Å². The molecule has 84 valence electrons. The topological polar surface area (TPSA) is 47.6 Å². The Morgan fingerprint density at radius 2 is 2.13 bits per heavy atom. The molecule has 1 heterocycles. The van der Waals surface area contributed by atoms with Gasteiger partial charge < -0.3 is 9.57 Å². The van der Waals surface area contributed by atoms with Crippen LogP contribution in [0.3, 0.4) is 0 Å². The van der Waals surface area contributed by atoms with E-state index < -0.39 is 5.60 Å². The molecular formula is C10H15NO3S. The number of ether oxygens (including phenoxy) is 1. The van der Waals surface area contributed by atoms with Crippen molar-refractivity contribution < 1.29 is 14.4 Å². The van der Waals surface area contributed by atoms with Gasteiger partial charge in [0.2, 0.25) is 0 Å². The van der Waals surface area contributed by atoms with Crippen LogP contribution in [0.5, 0.6) is 5.75 Å². The third-order valence-corrected chi connectivity index (χ3v) is 2.28. The summed E-state index contributed by atoms with van der Waals surface area (Å²) in [6.45, 7) is 5.51. The standard InChI is InChI=1S/C10H15NO3S/c1-10(2,3)13-9(12)8-5-7(6-15-8)14-11-4/h5-6,11H,1-4H3. The van der Waals surface area contributed by atoms with Crippen molar-refractivity contribution in [3.8, 4) is 5.75 Å². The van der Waals surface area contributed by atoms with Crippen molar-refractivity contribution in [2.24, 2.45) is 0 Å². The van der Waals surface area contributed by atoms with Crippen LogP contribution in [0, 0.1) is 0 Å². The van der Waals surface area contributed by atoms with E-state index >= 15 is 0 Å². The summed E-state index contributed by atoms with van der Waals surface area (Å²) < 4.78 is 5.21. The predicted octanol–water partition coefficient (Wildman–Crippen LogP) is 2.22. The van der Waals surface area contributed by atoms with Gasteiger partial charge in [-0.3, -0.25) is 0 Å². The van der Waals surface area contributed by atoms with Crippen LogP contribution in [-0.2, 0) is 4.74 Å². The van der Waals surface area contributed by atoms with Crippen molar-refractivity contribution in [3.05, 3.63) is 16.3 Å². The van der Waals surface area contributed by atoms with E-state index in [9.17, 15) is 4.79 Å². The molecule has 0 radical (unpaired) electrons. The van der Waals surface area contributed by atoms with E-state index in [1.807, 2.05) is 20.8 Å². The first-order valence-corrected chi connectivity index (χ1v) is 5.46. The first kappa shape index (κ1) is 12.0. The number of hydroxylamine groups is 1. The van der Waals surface area contributed by atoms with E-state index in [0.29, 0.717) is 10.6 Å². The molecule has 0 saturated carbocycles. The third-order valence-electron chi connectivity index (χ3n) is 1.40. The van der Waals surface area contributed by atoms with Gasteiger partial charge in [0.15, 0.2) is 5.75 Å². The first-order valence-electron chi connectivity index (χ1n) is 4.58. The van der Waals surface area contributed by atoms with Gasteiger partial charge in [-0.05, 0) is 20.8 Å². The maximum absolute atomic E-state index is 11.6. The second-order valence-electron chi connectivity index (χ2n) is 3.95. The fourth-order valence-electron chi connectivity index (χ4n) is 0.926.